The normalized spacial score (nSPS) is 11.4. The number of aromatic nitrogens is 1. The fourth-order valence-electron chi connectivity index (χ4n) is 1.47. The second-order valence-corrected chi connectivity index (χ2v) is 4.32. The number of benzene rings is 1. The van der Waals surface area contributed by atoms with Crippen LogP contribution in [0.2, 0.25) is 5.02 Å². The molecule has 1 aromatic heterocycles. The Morgan fingerprint density at radius 1 is 1.25 bits per heavy atom. The Bertz CT molecular complexity index is 617. The van der Waals surface area contributed by atoms with E-state index in [1.807, 2.05) is 0 Å². The van der Waals surface area contributed by atoms with Gasteiger partial charge in [0.2, 0.25) is 5.88 Å². The molecule has 3 nitrogen and oxygen atoms in total. The lowest BCUT2D eigenvalue weighted by molar-refractivity contribution is -0.137. The number of alkyl halides is 3. The van der Waals surface area contributed by atoms with Crippen LogP contribution in [-0.2, 0) is 12.8 Å². The zero-order valence-electron chi connectivity index (χ0n) is 9.99. The van der Waals surface area contributed by atoms with Gasteiger partial charge in [-0.1, -0.05) is 23.7 Å². The molecule has 0 aliphatic carbocycles. The average Bonchev–Trinajstić information content (AvgIpc) is 2.40. The van der Waals surface area contributed by atoms with E-state index in [1.54, 1.807) is 18.2 Å². The van der Waals surface area contributed by atoms with Crippen molar-refractivity contribution < 1.29 is 23.0 Å². The van der Waals surface area contributed by atoms with Gasteiger partial charge in [0.05, 0.1) is 12.2 Å². The number of nitrogens with zero attached hydrogens (tertiary/aromatic N) is 1. The Balaban J connectivity index is 2.25. The summed E-state index contributed by atoms with van der Waals surface area (Å²) in [5, 5.41) is 8.74. The van der Waals surface area contributed by atoms with Crippen LogP contribution in [0.3, 0.4) is 0 Å². The molecule has 1 N–H and O–H groups in total. The molecule has 0 spiro atoms. The summed E-state index contributed by atoms with van der Waals surface area (Å²) in [5.74, 6) is 0.195. The number of hydrogen-bond donors (Lipinski definition) is 1. The highest BCUT2D eigenvalue weighted by Crippen LogP contribution is 2.34. The molecule has 106 valence electrons. The highest BCUT2D eigenvalue weighted by atomic mass is 35.5. The average molecular weight is 304 g/mol. The molecule has 1 aromatic carbocycles. The van der Waals surface area contributed by atoms with Gasteiger partial charge in [0.25, 0.3) is 0 Å². The van der Waals surface area contributed by atoms with E-state index < -0.39 is 11.7 Å². The predicted octanol–water partition coefficient (Wildman–Crippen LogP) is 4.04. The summed E-state index contributed by atoms with van der Waals surface area (Å²) >= 11 is 5.72. The molecule has 0 atom stereocenters. The Kier molecular flexibility index (Phi) is 4.15. The molecule has 0 unspecified atom stereocenters. The van der Waals surface area contributed by atoms with Gasteiger partial charge in [-0.15, -0.1) is 0 Å². The van der Waals surface area contributed by atoms with E-state index in [1.165, 1.54) is 6.07 Å². The van der Waals surface area contributed by atoms with Gasteiger partial charge in [0, 0.05) is 6.20 Å². The van der Waals surface area contributed by atoms with Crippen LogP contribution >= 0.6 is 11.6 Å². The zero-order valence-corrected chi connectivity index (χ0v) is 10.7. The lowest BCUT2D eigenvalue weighted by atomic mass is 10.2. The monoisotopic (exact) mass is 303 g/mol. The summed E-state index contributed by atoms with van der Waals surface area (Å²) in [6.45, 7) is -0.175. The van der Waals surface area contributed by atoms with Gasteiger partial charge in [0.15, 0.2) is 0 Å². The number of ether oxygens (including phenoxy) is 1. The summed E-state index contributed by atoms with van der Waals surface area (Å²) < 4.78 is 42.7. The van der Waals surface area contributed by atoms with Crippen LogP contribution in [0.4, 0.5) is 13.2 Å². The first-order chi connectivity index (χ1) is 9.40. The predicted molar refractivity (Wildman–Crippen MR) is 66.7 cm³/mol. The van der Waals surface area contributed by atoms with E-state index in [-0.39, 0.29) is 17.5 Å². The fraction of sp³-hybridized carbons (Fsp3) is 0.154. The van der Waals surface area contributed by atoms with Crippen molar-refractivity contribution in [3.63, 3.8) is 0 Å². The summed E-state index contributed by atoms with van der Waals surface area (Å²) in [4.78, 5) is 3.56. The largest absolute Gasteiger partial charge is 0.438 e. The highest BCUT2D eigenvalue weighted by molar-refractivity contribution is 6.31. The summed E-state index contributed by atoms with van der Waals surface area (Å²) in [6.07, 6.45) is -3.86. The maximum absolute atomic E-state index is 12.5. The Hall–Kier alpha value is -1.79. The van der Waals surface area contributed by atoms with Gasteiger partial charge in [-0.25, -0.2) is 4.98 Å². The summed E-state index contributed by atoms with van der Waals surface area (Å²) in [5.41, 5.74) is -0.343. The number of pyridine rings is 1. The molecule has 0 fully saturated rings. The number of halogens is 4. The molecule has 2 rings (SSSR count). The van der Waals surface area contributed by atoms with Crippen molar-refractivity contribution in [2.24, 2.45) is 0 Å². The maximum Gasteiger partial charge on any atom is 0.417 e. The Morgan fingerprint density at radius 3 is 2.60 bits per heavy atom. The summed E-state index contributed by atoms with van der Waals surface area (Å²) in [7, 11) is 0. The van der Waals surface area contributed by atoms with Gasteiger partial charge in [0.1, 0.15) is 10.8 Å². The van der Waals surface area contributed by atoms with E-state index in [9.17, 15) is 13.2 Å². The Labute approximate surface area is 117 Å². The van der Waals surface area contributed by atoms with E-state index in [2.05, 4.69) is 4.98 Å². The van der Waals surface area contributed by atoms with Crippen molar-refractivity contribution in [3.05, 3.63) is 52.7 Å². The van der Waals surface area contributed by atoms with Crippen molar-refractivity contribution in [2.75, 3.05) is 0 Å². The third kappa shape index (κ3) is 3.40. The molecule has 0 amide bonds. The van der Waals surface area contributed by atoms with Crippen LogP contribution in [0, 0.1) is 0 Å². The minimum absolute atomic E-state index is 0.130. The van der Waals surface area contributed by atoms with Crippen molar-refractivity contribution in [2.45, 2.75) is 12.8 Å². The minimum atomic E-state index is -4.51. The molecule has 0 aliphatic heterocycles. The van der Waals surface area contributed by atoms with Crippen LogP contribution in [0.25, 0.3) is 0 Å². The van der Waals surface area contributed by atoms with E-state index in [0.29, 0.717) is 17.5 Å². The minimum Gasteiger partial charge on any atom is -0.438 e. The first-order valence-electron chi connectivity index (χ1n) is 5.50. The standard InChI is InChI=1S/C13H9ClF3NO2/c14-11-5-9(13(15,16)17)6-18-12(11)20-10-3-1-2-8(4-10)7-19/h1-6,19H,7H2. The van der Waals surface area contributed by atoms with Crippen LogP contribution in [0.1, 0.15) is 11.1 Å². The molecule has 0 saturated heterocycles. The van der Waals surface area contributed by atoms with E-state index in [4.69, 9.17) is 21.4 Å². The van der Waals surface area contributed by atoms with Crippen molar-refractivity contribution >= 4 is 11.6 Å². The first kappa shape index (κ1) is 14.6. The van der Waals surface area contributed by atoms with Crippen LogP contribution in [0.5, 0.6) is 11.6 Å². The molecular weight excluding hydrogens is 295 g/mol. The molecule has 0 bridgehead atoms. The second kappa shape index (κ2) is 5.68. The molecule has 0 saturated carbocycles. The van der Waals surface area contributed by atoms with Gasteiger partial charge in [-0.3, -0.25) is 0 Å². The van der Waals surface area contributed by atoms with Crippen LogP contribution < -0.4 is 4.74 Å². The highest BCUT2D eigenvalue weighted by Gasteiger charge is 2.31. The first-order valence-corrected chi connectivity index (χ1v) is 5.88. The maximum atomic E-state index is 12.5. The number of rotatable bonds is 3. The van der Waals surface area contributed by atoms with Crippen molar-refractivity contribution in [1.29, 1.82) is 0 Å². The number of hydrogen-bond acceptors (Lipinski definition) is 3. The van der Waals surface area contributed by atoms with Gasteiger partial charge >= 0.3 is 6.18 Å². The number of aliphatic hydroxyl groups excluding tert-OH is 1. The SMILES string of the molecule is OCc1cccc(Oc2ncc(C(F)(F)F)cc2Cl)c1. The lowest BCUT2D eigenvalue weighted by Gasteiger charge is -2.10. The van der Waals surface area contributed by atoms with Crippen LogP contribution in [0.15, 0.2) is 36.5 Å². The third-order valence-electron chi connectivity index (χ3n) is 2.43. The van der Waals surface area contributed by atoms with Crippen molar-refractivity contribution in [3.8, 4) is 11.6 Å². The van der Waals surface area contributed by atoms with Gasteiger partial charge in [-0.05, 0) is 23.8 Å². The summed E-state index contributed by atoms with van der Waals surface area (Å²) in [6, 6.07) is 7.18. The van der Waals surface area contributed by atoms with Gasteiger partial charge < -0.3 is 9.84 Å². The smallest absolute Gasteiger partial charge is 0.417 e. The molecule has 1 heterocycles. The van der Waals surface area contributed by atoms with Crippen molar-refractivity contribution in [1.82, 2.24) is 4.98 Å². The molecule has 0 aliphatic rings. The second-order valence-electron chi connectivity index (χ2n) is 3.92. The molecule has 20 heavy (non-hydrogen) atoms. The quantitative estimate of drug-likeness (QED) is 0.930. The van der Waals surface area contributed by atoms with Gasteiger partial charge in [-0.2, -0.15) is 13.2 Å². The topological polar surface area (TPSA) is 42.4 Å². The molecular formula is C13H9ClF3NO2. The van der Waals surface area contributed by atoms with E-state index in [0.717, 1.165) is 6.07 Å². The van der Waals surface area contributed by atoms with E-state index >= 15 is 0 Å². The zero-order chi connectivity index (χ0) is 14.8. The third-order valence-corrected chi connectivity index (χ3v) is 2.70. The molecule has 7 heteroatoms. The lowest BCUT2D eigenvalue weighted by Crippen LogP contribution is -2.05. The molecule has 2 aromatic rings. The van der Waals surface area contributed by atoms with Crippen LogP contribution in [-0.4, -0.2) is 10.1 Å². The number of aliphatic hydroxyl groups is 1. The Morgan fingerprint density at radius 2 is 2.00 bits per heavy atom. The fourth-order valence-corrected chi connectivity index (χ4v) is 1.68. The molecule has 0 radical (unpaired) electrons.